The van der Waals surface area contributed by atoms with Crippen LogP contribution in [0, 0.1) is 17.5 Å². The van der Waals surface area contributed by atoms with E-state index in [-0.39, 0.29) is 12.3 Å². The molecule has 1 unspecified atom stereocenters. The highest BCUT2D eigenvalue weighted by atomic mass is 19.2. The van der Waals surface area contributed by atoms with Crippen molar-refractivity contribution >= 4 is 5.69 Å². The average Bonchev–Trinajstić information content (AvgIpc) is 2.41. The van der Waals surface area contributed by atoms with Crippen molar-refractivity contribution in [3.63, 3.8) is 0 Å². The first-order chi connectivity index (χ1) is 9.11. The molecule has 2 aromatic carbocycles. The summed E-state index contributed by atoms with van der Waals surface area (Å²) in [5, 5.41) is 12.0. The normalized spacial score (nSPS) is 12.2. The summed E-state index contributed by atoms with van der Waals surface area (Å²) in [6.07, 6.45) is 0. The molecule has 19 heavy (non-hydrogen) atoms. The Labute approximate surface area is 108 Å². The predicted molar refractivity (Wildman–Crippen MR) is 66.2 cm³/mol. The van der Waals surface area contributed by atoms with Crippen molar-refractivity contribution < 1.29 is 18.3 Å². The molecule has 100 valence electrons. The molecule has 0 fully saturated rings. The van der Waals surface area contributed by atoms with Crippen molar-refractivity contribution in [3.8, 4) is 0 Å². The van der Waals surface area contributed by atoms with Crippen LogP contribution < -0.4 is 5.32 Å². The van der Waals surface area contributed by atoms with E-state index in [1.54, 1.807) is 6.07 Å². The predicted octanol–water partition coefficient (Wildman–Crippen LogP) is 3.25. The molecule has 0 aliphatic heterocycles. The molecule has 5 heteroatoms. The van der Waals surface area contributed by atoms with Gasteiger partial charge in [0.25, 0.3) is 0 Å². The second-order valence-corrected chi connectivity index (χ2v) is 4.03. The number of hydrogen-bond donors (Lipinski definition) is 2. The van der Waals surface area contributed by atoms with Crippen LogP contribution in [0.1, 0.15) is 11.6 Å². The third-order valence-electron chi connectivity index (χ3n) is 2.73. The fourth-order valence-electron chi connectivity index (χ4n) is 1.73. The van der Waals surface area contributed by atoms with Gasteiger partial charge in [0.1, 0.15) is 5.82 Å². The molecular formula is C14H12F3NO. The summed E-state index contributed by atoms with van der Waals surface area (Å²) in [7, 11) is 0. The molecule has 0 bridgehead atoms. The number of para-hydroxylation sites is 1. The number of benzene rings is 2. The minimum absolute atomic E-state index is 0.186. The molecule has 0 saturated carbocycles. The van der Waals surface area contributed by atoms with E-state index in [9.17, 15) is 18.3 Å². The molecule has 2 nitrogen and oxygen atoms in total. The standard InChI is InChI=1S/C14H12F3NO/c15-10-6-5-9(7-12(10)17)14(8-19)18-13-4-2-1-3-11(13)16/h1-7,14,18-19H,8H2. The Bertz CT molecular complexity index is 574. The van der Waals surface area contributed by atoms with Gasteiger partial charge in [0.05, 0.1) is 18.3 Å². The van der Waals surface area contributed by atoms with Gasteiger partial charge in [0.2, 0.25) is 0 Å². The number of nitrogens with one attached hydrogen (secondary N) is 1. The van der Waals surface area contributed by atoms with Gasteiger partial charge in [-0.1, -0.05) is 18.2 Å². The zero-order valence-corrected chi connectivity index (χ0v) is 9.91. The zero-order valence-electron chi connectivity index (χ0n) is 9.91. The molecule has 2 N–H and O–H groups in total. The molecule has 0 aliphatic rings. The van der Waals surface area contributed by atoms with Crippen molar-refractivity contribution in [1.82, 2.24) is 0 Å². The highest BCUT2D eigenvalue weighted by Gasteiger charge is 2.14. The van der Waals surface area contributed by atoms with Crippen molar-refractivity contribution in [1.29, 1.82) is 0 Å². The summed E-state index contributed by atoms with van der Waals surface area (Å²) in [6, 6.07) is 8.50. The van der Waals surface area contributed by atoms with Crippen molar-refractivity contribution in [3.05, 3.63) is 65.5 Å². The Kier molecular flexibility index (Phi) is 4.06. The number of rotatable bonds is 4. The molecule has 2 aromatic rings. The number of aliphatic hydroxyl groups excluding tert-OH is 1. The van der Waals surface area contributed by atoms with E-state index in [4.69, 9.17) is 0 Å². The van der Waals surface area contributed by atoms with Crippen LogP contribution >= 0.6 is 0 Å². The van der Waals surface area contributed by atoms with E-state index in [0.717, 1.165) is 12.1 Å². The lowest BCUT2D eigenvalue weighted by Crippen LogP contribution is -2.16. The van der Waals surface area contributed by atoms with Gasteiger partial charge in [-0.25, -0.2) is 13.2 Å². The van der Waals surface area contributed by atoms with Gasteiger partial charge in [-0.3, -0.25) is 0 Å². The lowest BCUT2D eigenvalue weighted by Gasteiger charge is -2.18. The second kappa shape index (κ2) is 5.75. The van der Waals surface area contributed by atoms with E-state index >= 15 is 0 Å². The number of anilines is 1. The van der Waals surface area contributed by atoms with Gasteiger partial charge in [-0.2, -0.15) is 0 Å². The Balaban J connectivity index is 2.25. The van der Waals surface area contributed by atoms with Gasteiger partial charge in [0, 0.05) is 0 Å². The summed E-state index contributed by atoms with van der Waals surface area (Å²) in [5.74, 6) is -2.46. The van der Waals surface area contributed by atoms with E-state index in [0.29, 0.717) is 5.56 Å². The zero-order chi connectivity index (χ0) is 13.8. The number of halogens is 3. The van der Waals surface area contributed by atoms with Crippen molar-refractivity contribution in [2.24, 2.45) is 0 Å². The molecule has 0 aliphatic carbocycles. The number of aliphatic hydroxyl groups is 1. The quantitative estimate of drug-likeness (QED) is 0.891. The highest BCUT2D eigenvalue weighted by Crippen LogP contribution is 2.22. The third kappa shape index (κ3) is 3.06. The smallest absolute Gasteiger partial charge is 0.159 e. The summed E-state index contributed by atoms with van der Waals surface area (Å²) < 4.78 is 39.4. The SMILES string of the molecule is OCC(Nc1ccccc1F)c1ccc(F)c(F)c1. The summed E-state index contributed by atoms with van der Waals surface area (Å²) in [5.41, 5.74) is 0.524. The van der Waals surface area contributed by atoms with E-state index in [2.05, 4.69) is 5.32 Å². The maximum absolute atomic E-state index is 13.5. The monoisotopic (exact) mass is 267 g/mol. The van der Waals surface area contributed by atoms with Gasteiger partial charge < -0.3 is 10.4 Å². The second-order valence-electron chi connectivity index (χ2n) is 4.03. The topological polar surface area (TPSA) is 32.3 Å². The Hall–Kier alpha value is -2.01. The minimum atomic E-state index is -1.01. The maximum Gasteiger partial charge on any atom is 0.159 e. The van der Waals surface area contributed by atoms with Gasteiger partial charge in [-0.05, 0) is 29.8 Å². The lowest BCUT2D eigenvalue weighted by atomic mass is 10.1. The Morgan fingerprint density at radius 3 is 2.32 bits per heavy atom. The first kappa shape index (κ1) is 13.4. The fourth-order valence-corrected chi connectivity index (χ4v) is 1.73. The van der Waals surface area contributed by atoms with Crippen LogP contribution in [-0.2, 0) is 0 Å². The first-order valence-corrected chi connectivity index (χ1v) is 5.68. The molecule has 0 radical (unpaired) electrons. The average molecular weight is 267 g/mol. The molecule has 0 spiro atoms. The van der Waals surface area contributed by atoms with Crippen molar-refractivity contribution in [2.45, 2.75) is 6.04 Å². The van der Waals surface area contributed by atoms with E-state index < -0.39 is 23.5 Å². The molecule has 0 amide bonds. The number of hydrogen-bond acceptors (Lipinski definition) is 2. The maximum atomic E-state index is 13.5. The van der Waals surface area contributed by atoms with Gasteiger partial charge >= 0.3 is 0 Å². The van der Waals surface area contributed by atoms with Gasteiger partial charge in [0.15, 0.2) is 11.6 Å². The summed E-state index contributed by atoms with van der Waals surface area (Å²) >= 11 is 0. The first-order valence-electron chi connectivity index (χ1n) is 5.68. The van der Waals surface area contributed by atoms with Crippen LogP contribution in [0.2, 0.25) is 0 Å². The van der Waals surface area contributed by atoms with Crippen LogP contribution in [-0.4, -0.2) is 11.7 Å². The van der Waals surface area contributed by atoms with Crippen LogP contribution in [0.4, 0.5) is 18.9 Å². The molecule has 2 rings (SSSR count). The molecule has 1 atom stereocenters. The van der Waals surface area contributed by atoms with E-state index in [1.807, 2.05) is 0 Å². The molecule has 0 saturated heterocycles. The largest absolute Gasteiger partial charge is 0.394 e. The van der Waals surface area contributed by atoms with Crippen molar-refractivity contribution in [2.75, 3.05) is 11.9 Å². The molecule has 0 aromatic heterocycles. The van der Waals surface area contributed by atoms with Crippen LogP contribution in [0.15, 0.2) is 42.5 Å². The van der Waals surface area contributed by atoms with Crippen LogP contribution in [0.25, 0.3) is 0 Å². The summed E-state index contributed by atoms with van der Waals surface area (Å²) in [6.45, 7) is -0.376. The third-order valence-corrected chi connectivity index (χ3v) is 2.73. The molecule has 0 heterocycles. The van der Waals surface area contributed by atoms with Gasteiger partial charge in [-0.15, -0.1) is 0 Å². The van der Waals surface area contributed by atoms with Crippen LogP contribution in [0.3, 0.4) is 0 Å². The van der Waals surface area contributed by atoms with Crippen LogP contribution in [0.5, 0.6) is 0 Å². The fraction of sp³-hybridized carbons (Fsp3) is 0.143. The Morgan fingerprint density at radius 1 is 0.947 bits per heavy atom. The lowest BCUT2D eigenvalue weighted by molar-refractivity contribution is 0.275. The highest BCUT2D eigenvalue weighted by molar-refractivity contribution is 5.46. The summed E-state index contributed by atoms with van der Waals surface area (Å²) in [4.78, 5) is 0. The minimum Gasteiger partial charge on any atom is -0.394 e. The van der Waals surface area contributed by atoms with E-state index in [1.165, 1.54) is 24.3 Å². The molecular weight excluding hydrogens is 255 g/mol. The Morgan fingerprint density at radius 2 is 1.68 bits per heavy atom.